The lowest BCUT2D eigenvalue weighted by molar-refractivity contribution is -0.132. The van der Waals surface area contributed by atoms with Gasteiger partial charge in [-0.25, -0.2) is 0 Å². The number of amides is 2. The van der Waals surface area contributed by atoms with Crippen molar-refractivity contribution in [1.29, 1.82) is 0 Å². The molecule has 0 radical (unpaired) electrons. The van der Waals surface area contributed by atoms with E-state index in [-0.39, 0.29) is 17.9 Å². The normalized spacial score (nSPS) is 16.0. The van der Waals surface area contributed by atoms with E-state index in [0.717, 1.165) is 38.8 Å². The van der Waals surface area contributed by atoms with Crippen LogP contribution in [0.3, 0.4) is 0 Å². The average molecular weight is 308 g/mol. The van der Waals surface area contributed by atoms with E-state index in [1.807, 2.05) is 23.3 Å². The molecule has 21 heavy (non-hydrogen) atoms. The van der Waals surface area contributed by atoms with E-state index >= 15 is 0 Å². The van der Waals surface area contributed by atoms with Crippen molar-refractivity contribution in [2.24, 2.45) is 0 Å². The third-order valence-electron chi connectivity index (χ3n) is 3.86. The van der Waals surface area contributed by atoms with Gasteiger partial charge in [-0.15, -0.1) is 11.3 Å². The van der Waals surface area contributed by atoms with Crippen LogP contribution in [0.4, 0.5) is 0 Å². The van der Waals surface area contributed by atoms with Crippen molar-refractivity contribution in [2.45, 2.75) is 51.5 Å². The van der Waals surface area contributed by atoms with Crippen molar-refractivity contribution in [3.8, 4) is 0 Å². The van der Waals surface area contributed by atoms with Crippen LogP contribution in [0.2, 0.25) is 0 Å². The molecule has 116 valence electrons. The number of nitrogens with zero attached hydrogens (tertiary/aromatic N) is 1. The van der Waals surface area contributed by atoms with Gasteiger partial charge in [0.25, 0.3) is 0 Å². The Morgan fingerprint density at radius 2 is 2.10 bits per heavy atom. The van der Waals surface area contributed by atoms with Gasteiger partial charge in [-0.05, 0) is 37.1 Å². The molecular formula is C16H24N2O2S. The van der Waals surface area contributed by atoms with Gasteiger partial charge in [0.15, 0.2) is 0 Å². The third kappa shape index (κ3) is 5.16. The van der Waals surface area contributed by atoms with Crippen molar-refractivity contribution in [3.05, 3.63) is 22.4 Å². The average Bonchev–Trinajstić information content (AvgIpc) is 2.99. The Bertz CT molecular complexity index is 451. The summed E-state index contributed by atoms with van der Waals surface area (Å²) in [5.74, 6) is 0.377. The van der Waals surface area contributed by atoms with E-state index in [0.29, 0.717) is 12.8 Å². The first-order chi connectivity index (χ1) is 10.2. The summed E-state index contributed by atoms with van der Waals surface area (Å²) in [4.78, 5) is 26.9. The quantitative estimate of drug-likeness (QED) is 0.878. The van der Waals surface area contributed by atoms with Crippen LogP contribution in [0.5, 0.6) is 0 Å². The number of carbonyl (C=O) groups is 2. The zero-order valence-corrected chi connectivity index (χ0v) is 13.5. The standard InChI is InChI=1S/C16H24N2O2S/c1-2-4-16(20)18-10-8-13(9-11-18)17-15(19)7-6-14-5-3-12-21-14/h3,5,12-13H,2,4,6-11H2,1H3,(H,17,19). The minimum atomic E-state index is 0.127. The number of hydrogen-bond acceptors (Lipinski definition) is 3. The molecule has 0 aliphatic carbocycles. The van der Waals surface area contributed by atoms with Gasteiger partial charge in [-0.3, -0.25) is 9.59 Å². The first-order valence-corrected chi connectivity index (χ1v) is 8.66. The van der Waals surface area contributed by atoms with Crippen molar-refractivity contribution in [2.75, 3.05) is 13.1 Å². The summed E-state index contributed by atoms with van der Waals surface area (Å²) < 4.78 is 0. The Morgan fingerprint density at radius 1 is 1.33 bits per heavy atom. The molecule has 1 aliphatic heterocycles. The number of carbonyl (C=O) groups excluding carboxylic acids is 2. The molecule has 0 aromatic carbocycles. The maximum atomic E-state index is 11.9. The number of nitrogens with one attached hydrogen (secondary N) is 1. The van der Waals surface area contributed by atoms with Crippen LogP contribution < -0.4 is 5.32 Å². The lowest BCUT2D eigenvalue weighted by Crippen LogP contribution is -2.46. The monoisotopic (exact) mass is 308 g/mol. The summed E-state index contributed by atoms with van der Waals surface area (Å²) in [5, 5.41) is 5.14. The smallest absolute Gasteiger partial charge is 0.222 e. The second kappa shape index (κ2) is 8.17. The number of thiophene rings is 1. The molecule has 0 saturated carbocycles. The summed E-state index contributed by atoms with van der Waals surface area (Å²) in [6, 6.07) is 4.31. The van der Waals surface area contributed by atoms with Gasteiger partial charge in [-0.1, -0.05) is 13.0 Å². The number of piperidine rings is 1. The highest BCUT2D eigenvalue weighted by Gasteiger charge is 2.23. The summed E-state index contributed by atoms with van der Waals surface area (Å²) >= 11 is 1.69. The second-order valence-electron chi connectivity index (χ2n) is 5.55. The highest BCUT2D eigenvalue weighted by atomic mass is 32.1. The maximum absolute atomic E-state index is 11.9. The fraction of sp³-hybridized carbons (Fsp3) is 0.625. The Hall–Kier alpha value is -1.36. The largest absolute Gasteiger partial charge is 0.353 e. The zero-order valence-electron chi connectivity index (χ0n) is 12.6. The molecule has 0 spiro atoms. The van der Waals surface area contributed by atoms with Gasteiger partial charge in [0.05, 0.1) is 0 Å². The van der Waals surface area contributed by atoms with Gasteiger partial charge < -0.3 is 10.2 Å². The summed E-state index contributed by atoms with van der Waals surface area (Å²) in [6.45, 7) is 3.57. The van der Waals surface area contributed by atoms with Crippen LogP contribution in [-0.4, -0.2) is 35.8 Å². The summed E-state index contributed by atoms with van der Waals surface area (Å²) in [7, 11) is 0. The van der Waals surface area contributed by atoms with Crippen molar-refractivity contribution in [1.82, 2.24) is 10.2 Å². The van der Waals surface area contributed by atoms with E-state index in [2.05, 4.69) is 11.4 Å². The first kappa shape index (κ1) is 16.0. The molecule has 4 nitrogen and oxygen atoms in total. The van der Waals surface area contributed by atoms with Crippen molar-refractivity contribution >= 4 is 23.2 Å². The van der Waals surface area contributed by atoms with Crippen molar-refractivity contribution in [3.63, 3.8) is 0 Å². The lowest BCUT2D eigenvalue weighted by atomic mass is 10.0. The molecule has 2 amide bonds. The van der Waals surface area contributed by atoms with Crippen LogP contribution in [0.25, 0.3) is 0 Å². The number of likely N-dealkylation sites (tertiary alicyclic amines) is 1. The Morgan fingerprint density at radius 3 is 2.71 bits per heavy atom. The van der Waals surface area contributed by atoms with Gasteiger partial charge >= 0.3 is 0 Å². The SMILES string of the molecule is CCCC(=O)N1CCC(NC(=O)CCc2cccs2)CC1. The number of rotatable bonds is 6. The fourth-order valence-electron chi connectivity index (χ4n) is 2.64. The minimum Gasteiger partial charge on any atom is -0.353 e. The van der Waals surface area contributed by atoms with Crippen molar-refractivity contribution < 1.29 is 9.59 Å². The van der Waals surface area contributed by atoms with E-state index in [1.165, 1.54) is 4.88 Å². The molecule has 1 aromatic heterocycles. The number of hydrogen-bond donors (Lipinski definition) is 1. The highest BCUT2D eigenvalue weighted by molar-refractivity contribution is 7.09. The van der Waals surface area contributed by atoms with E-state index in [1.54, 1.807) is 11.3 Å². The van der Waals surface area contributed by atoms with Crippen LogP contribution in [-0.2, 0) is 16.0 Å². The van der Waals surface area contributed by atoms with E-state index in [4.69, 9.17) is 0 Å². The third-order valence-corrected chi connectivity index (χ3v) is 4.79. The van der Waals surface area contributed by atoms with Gasteiger partial charge in [0.1, 0.15) is 0 Å². The fourth-order valence-corrected chi connectivity index (χ4v) is 3.35. The Kier molecular flexibility index (Phi) is 6.23. The molecule has 5 heteroatoms. The molecule has 1 aromatic rings. The van der Waals surface area contributed by atoms with Gasteiger partial charge in [0.2, 0.25) is 11.8 Å². The molecule has 0 bridgehead atoms. The maximum Gasteiger partial charge on any atom is 0.222 e. The molecular weight excluding hydrogens is 284 g/mol. The van der Waals surface area contributed by atoms with Crippen LogP contribution in [0.1, 0.15) is 43.9 Å². The Labute approximate surface area is 130 Å². The predicted octanol–water partition coefficient (Wildman–Crippen LogP) is 2.59. The van der Waals surface area contributed by atoms with Gasteiger partial charge in [-0.2, -0.15) is 0 Å². The lowest BCUT2D eigenvalue weighted by Gasteiger charge is -2.32. The predicted molar refractivity (Wildman–Crippen MR) is 85.3 cm³/mol. The molecule has 0 atom stereocenters. The highest BCUT2D eigenvalue weighted by Crippen LogP contribution is 2.14. The second-order valence-corrected chi connectivity index (χ2v) is 6.58. The van der Waals surface area contributed by atoms with E-state index in [9.17, 15) is 9.59 Å². The Balaban J connectivity index is 1.66. The molecule has 1 fully saturated rings. The number of aryl methyl sites for hydroxylation is 1. The molecule has 2 rings (SSSR count). The molecule has 1 aliphatic rings. The molecule has 1 saturated heterocycles. The minimum absolute atomic E-state index is 0.127. The first-order valence-electron chi connectivity index (χ1n) is 7.78. The van der Waals surface area contributed by atoms with Crippen LogP contribution in [0.15, 0.2) is 17.5 Å². The summed E-state index contributed by atoms with van der Waals surface area (Å²) in [5.41, 5.74) is 0. The van der Waals surface area contributed by atoms with Gasteiger partial charge in [0, 0.05) is 36.9 Å². The summed E-state index contributed by atoms with van der Waals surface area (Å²) in [6.07, 6.45) is 4.66. The molecule has 0 unspecified atom stereocenters. The zero-order chi connectivity index (χ0) is 15.1. The topological polar surface area (TPSA) is 49.4 Å². The van der Waals surface area contributed by atoms with Crippen LogP contribution in [0, 0.1) is 0 Å². The van der Waals surface area contributed by atoms with Crippen LogP contribution >= 0.6 is 11.3 Å². The molecule has 1 N–H and O–H groups in total. The van der Waals surface area contributed by atoms with E-state index < -0.39 is 0 Å². The molecule has 2 heterocycles.